The Morgan fingerprint density at radius 2 is 1.84 bits per heavy atom. The van der Waals surface area contributed by atoms with Gasteiger partial charge in [-0.15, -0.1) is 0 Å². The third-order valence-electron chi connectivity index (χ3n) is 7.34. The van der Waals surface area contributed by atoms with Crippen LogP contribution in [0.25, 0.3) is 0 Å². The SMILES string of the molecule is CC1CC2CC(C)(C(=O)NC3CCNCC3(F)F)CC(c3ccccc3)(C1)C2.CCC. The van der Waals surface area contributed by atoms with Gasteiger partial charge in [-0.25, -0.2) is 8.78 Å². The summed E-state index contributed by atoms with van der Waals surface area (Å²) in [7, 11) is 0. The maximum atomic E-state index is 14.3. The van der Waals surface area contributed by atoms with Crippen LogP contribution < -0.4 is 10.6 Å². The van der Waals surface area contributed by atoms with Gasteiger partial charge in [-0.05, 0) is 67.9 Å². The summed E-state index contributed by atoms with van der Waals surface area (Å²) in [6.07, 6.45) is 6.37. The van der Waals surface area contributed by atoms with E-state index < -0.39 is 17.4 Å². The number of piperidine rings is 1. The highest BCUT2D eigenvalue weighted by molar-refractivity contribution is 5.83. The van der Waals surface area contributed by atoms with Crippen molar-refractivity contribution in [2.24, 2.45) is 17.3 Å². The van der Waals surface area contributed by atoms with Crippen molar-refractivity contribution < 1.29 is 13.6 Å². The molecule has 0 aromatic heterocycles. The molecule has 5 atom stereocenters. The molecule has 2 bridgehead atoms. The van der Waals surface area contributed by atoms with Crippen LogP contribution in [0, 0.1) is 17.3 Å². The average molecular weight is 435 g/mol. The molecule has 3 nitrogen and oxygen atoms in total. The summed E-state index contributed by atoms with van der Waals surface area (Å²) in [6.45, 7) is 8.72. The van der Waals surface area contributed by atoms with Crippen molar-refractivity contribution >= 4 is 5.91 Å². The van der Waals surface area contributed by atoms with Crippen molar-refractivity contribution in [3.8, 4) is 0 Å². The van der Waals surface area contributed by atoms with Gasteiger partial charge < -0.3 is 10.6 Å². The Kier molecular flexibility index (Phi) is 7.45. The predicted molar refractivity (Wildman–Crippen MR) is 122 cm³/mol. The fraction of sp³-hybridized carbons (Fsp3) is 0.731. The zero-order chi connectivity index (χ0) is 22.7. The summed E-state index contributed by atoms with van der Waals surface area (Å²) in [5.74, 6) is -1.97. The van der Waals surface area contributed by atoms with Gasteiger partial charge in [0.05, 0.1) is 12.6 Å². The largest absolute Gasteiger partial charge is 0.347 e. The molecular formula is C26H40F2N2O. The Hall–Kier alpha value is -1.49. The van der Waals surface area contributed by atoms with E-state index in [2.05, 4.69) is 55.7 Å². The monoisotopic (exact) mass is 434 g/mol. The van der Waals surface area contributed by atoms with E-state index in [1.54, 1.807) is 0 Å². The quantitative estimate of drug-likeness (QED) is 0.642. The van der Waals surface area contributed by atoms with E-state index in [0.29, 0.717) is 18.4 Å². The Bertz CT molecular complexity index is 736. The van der Waals surface area contributed by atoms with E-state index in [1.807, 2.05) is 13.0 Å². The second-order valence-corrected chi connectivity index (χ2v) is 10.7. The van der Waals surface area contributed by atoms with Crippen LogP contribution in [0.5, 0.6) is 0 Å². The molecule has 3 fully saturated rings. The highest BCUT2D eigenvalue weighted by Crippen LogP contribution is 2.58. The molecule has 1 aliphatic heterocycles. The number of halogens is 2. The summed E-state index contributed by atoms with van der Waals surface area (Å²) in [5.41, 5.74) is 0.683. The lowest BCUT2D eigenvalue weighted by Crippen LogP contribution is -2.60. The molecule has 4 rings (SSSR count). The first-order valence-electron chi connectivity index (χ1n) is 12.1. The van der Waals surface area contributed by atoms with Gasteiger partial charge in [0.1, 0.15) is 0 Å². The molecular weight excluding hydrogens is 394 g/mol. The van der Waals surface area contributed by atoms with Crippen molar-refractivity contribution in [1.82, 2.24) is 10.6 Å². The van der Waals surface area contributed by atoms with Gasteiger partial charge in [0.2, 0.25) is 5.91 Å². The topological polar surface area (TPSA) is 41.1 Å². The number of amides is 1. The summed E-state index contributed by atoms with van der Waals surface area (Å²) in [5, 5.41) is 5.49. The van der Waals surface area contributed by atoms with Gasteiger partial charge in [0, 0.05) is 5.41 Å². The number of hydrogen-bond acceptors (Lipinski definition) is 2. The van der Waals surface area contributed by atoms with Gasteiger partial charge in [-0.3, -0.25) is 4.79 Å². The van der Waals surface area contributed by atoms with Crippen molar-refractivity contribution in [3.63, 3.8) is 0 Å². The van der Waals surface area contributed by atoms with Crippen LogP contribution in [0.1, 0.15) is 78.2 Å². The van der Waals surface area contributed by atoms with Crippen LogP contribution in [-0.2, 0) is 10.2 Å². The number of benzene rings is 1. The van der Waals surface area contributed by atoms with Crippen molar-refractivity contribution in [3.05, 3.63) is 35.9 Å². The van der Waals surface area contributed by atoms with E-state index in [9.17, 15) is 13.6 Å². The smallest absolute Gasteiger partial charge is 0.280 e. The van der Waals surface area contributed by atoms with Gasteiger partial charge in [-0.2, -0.15) is 0 Å². The number of carbonyl (C=O) groups excluding carboxylic acids is 1. The molecule has 5 unspecified atom stereocenters. The Labute approximate surface area is 186 Å². The minimum atomic E-state index is -2.89. The fourth-order valence-corrected chi connectivity index (χ4v) is 6.44. The number of fused-ring (bicyclic) bond motifs is 2. The number of carbonyl (C=O) groups is 1. The summed E-state index contributed by atoms with van der Waals surface area (Å²) >= 11 is 0. The van der Waals surface area contributed by atoms with Crippen LogP contribution in [0.3, 0.4) is 0 Å². The number of nitrogens with one attached hydrogen (secondary N) is 2. The number of rotatable bonds is 3. The second kappa shape index (κ2) is 9.56. The molecule has 2 aliphatic carbocycles. The zero-order valence-electron chi connectivity index (χ0n) is 19.6. The second-order valence-electron chi connectivity index (χ2n) is 10.7. The van der Waals surface area contributed by atoms with Gasteiger partial charge in [0.15, 0.2) is 0 Å². The van der Waals surface area contributed by atoms with Crippen molar-refractivity contribution in [1.29, 1.82) is 0 Å². The average Bonchev–Trinajstić information content (AvgIpc) is 2.69. The molecule has 3 aliphatic rings. The highest BCUT2D eigenvalue weighted by Gasteiger charge is 2.54. The van der Waals surface area contributed by atoms with Crippen LogP contribution >= 0.6 is 0 Å². The molecule has 1 aromatic carbocycles. The molecule has 5 heteroatoms. The lowest BCUT2D eigenvalue weighted by Gasteiger charge is -2.54. The summed E-state index contributed by atoms with van der Waals surface area (Å²) in [6, 6.07) is 9.46. The molecule has 0 radical (unpaired) electrons. The normalized spacial score (nSPS) is 36.6. The Balaban J connectivity index is 0.000000858. The summed E-state index contributed by atoms with van der Waals surface area (Å²) < 4.78 is 28.5. The molecule has 31 heavy (non-hydrogen) atoms. The molecule has 1 saturated heterocycles. The van der Waals surface area contributed by atoms with Crippen LogP contribution in [0.2, 0.25) is 0 Å². The summed E-state index contributed by atoms with van der Waals surface area (Å²) in [4.78, 5) is 13.3. The lowest BCUT2D eigenvalue weighted by molar-refractivity contribution is -0.142. The molecule has 1 aromatic rings. The fourth-order valence-electron chi connectivity index (χ4n) is 6.44. The zero-order valence-corrected chi connectivity index (χ0v) is 19.6. The highest BCUT2D eigenvalue weighted by atomic mass is 19.3. The van der Waals surface area contributed by atoms with Crippen LogP contribution in [-0.4, -0.2) is 31.0 Å². The van der Waals surface area contributed by atoms with E-state index in [0.717, 1.165) is 32.1 Å². The van der Waals surface area contributed by atoms with Crippen molar-refractivity contribution in [2.75, 3.05) is 13.1 Å². The molecule has 174 valence electrons. The first kappa shape index (κ1) is 24.2. The van der Waals surface area contributed by atoms with Gasteiger partial charge in [0.25, 0.3) is 5.92 Å². The van der Waals surface area contributed by atoms with Crippen molar-refractivity contribution in [2.45, 2.75) is 90.0 Å². The standard InChI is InChI=1S/C23H32F2N2O.C3H8/c1-16-10-17-12-21(2,20(28)27-19-8-9-26-15-23(19,24)25)14-22(11-16,13-17)18-6-4-3-5-7-18;1-3-2/h3-7,16-17,19,26H,8-15H2,1-2H3,(H,27,28);3H2,1-2H3. The maximum absolute atomic E-state index is 14.3. The first-order chi connectivity index (χ1) is 14.6. The van der Waals surface area contributed by atoms with Crippen LogP contribution in [0.4, 0.5) is 8.78 Å². The molecule has 0 spiro atoms. The third kappa shape index (κ3) is 5.30. The van der Waals surface area contributed by atoms with Gasteiger partial charge in [-0.1, -0.05) is 64.4 Å². The minimum absolute atomic E-state index is 0.0232. The van der Waals surface area contributed by atoms with E-state index in [-0.39, 0.29) is 24.3 Å². The van der Waals surface area contributed by atoms with E-state index in [4.69, 9.17) is 0 Å². The molecule has 2 N–H and O–H groups in total. The minimum Gasteiger partial charge on any atom is -0.347 e. The molecule has 1 heterocycles. The predicted octanol–water partition coefficient (Wildman–Crippen LogP) is 5.69. The van der Waals surface area contributed by atoms with E-state index >= 15 is 0 Å². The molecule has 1 amide bonds. The lowest BCUT2D eigenvalue weighted by atomic mass is 9.50. The molecule has 2 saturated carbocycles. The van der Waals surface area contributed by atoms with Gasteiger partial charge >= 0.3 is 0 Å². The number of alkyl halides is 2. The maximum Gasteiger partial charge on any atom is 0.280 e. The van der Waals surface area contributed by atoms with Crippen LogP contribution in [0.15, 0.2) is 30.3 Å². The third-order valence-corrected chi connectivity index (χ3v) is 7.34. The Morgan fingerprint density at radius 3 is 2.48 bits per heavy atom. The Morgan fingerprint density at radius 1 is 1.16 bits per heavy atom. The number of hydrogen-bond donors (Lipinski definition) is 2. The first-order valence-corrected chi connectivity index (χ1v) is 12.1. The van der Waals surface area contributed by atoms with E-state index in [1.165, 1.54) is 12.0 Å².